The maximum atomic E-state index is 11.1. The summed E-state index contributed by atoms with van der Waals surface area (Å²) in [5.41, 5.74) is -1.28. The molecule has 0 radical (unpaired) electrons. The van der Waals surface area contributed by atoms with Crippen molar-refractivity contribution in [3.8, 4) is 0 Å². The van der Waals surface area contributed by atoms with E-state index in [9.17, 15) is 13.2 Å². The SMILES string of the molecule is CC1CCC(NS(C)(=O)=O)(C(=O)O)CC1. The smallest absolute Gasteiger partial charge is 0.324 e. The second kappa shape index (κ2) is 4.09. The first-order chi connectivity index (χ1) is 6.75. The average Bonchev–Trinajstić information content (AvgIpc) is 2.06. The maximum Gasteiger partial charge on any atom is 0.324 e. The van der Waals surface area contributed by atoms with Crippen LogP contribution in [0.25, 0.3) is 0 Å². The number of hydrogen-bond donors (Lipinski definition) is 2. The minimum absolute atomic E-state index is 0.372. The monoisotopic (exact) mass is 235 g/mol. The van der Waals surface area contributed by atoms with Gasteiger partial charge in [-0.15, -0.1) is 0 Å². The van der Waals surface area contributed by atoms with Gasteiger partial charge in [0.1, 0.15) is 5.54 Å². The third-order valence-corrected chi connectivity index (χ3v) is 3.68. The van der Waals surface area contributed by atoms with Gasteiger partial charge in [-0.3, -0.25) is 4.79 Å². The summed E-state index contributed by atoms with van der Waals surface area (Å²) in [7, 11) is -3.48. The predicted molar refractivity (Wildman–Crippen MR) is 56.0 cm³/mol. The lowest BCUT2D eigenvalue weighted by Gasteiger charge is -2.35. The third-order valence-electron chi connectivity index (χ3n) is 2.92. The van der Waals surface area contributed by atoms with E-state index in [-0.39, 0.29) is 0 Å². The van der Waals surface area contributed by atoms with E-state index in [0.29, 0.717) is 18.8 Å². The number of carbonyl (C=O) groups is 1. The van der Waals surface area contributed by atoms with Crippen molar-refractivity contribution in [3.05, 3.63) is 0 Å². The van der Waals surface area contributed by atoms with Gasteiger partial charge in [0.25, 0.3) is 0 Å². The molecule has 6 heteroatoms. The molecule has 0 bridgehead atoms. The minimum Gasteiger partial charge on any atom is -0.480 e. The second-order valence-corrected chi connectivity index (χ2v) is 6.19. The van der Waals surface area contributed by atoms with Gasteiger partial charge < -0.3 is 5.11 Å². The Morgan fingerprint density at radius 1 is 1.40 bits per heavy atom. The molecule has 0 unspecified atom stereocenters. The summed E-state index contributed by atoms with van der Waals surface area (Å²) in [6.07, 6.45) is 3.23. The van der Waals surface area contributed by atoms with Gasteiger partial charge in [-0.05, 0) is 31.6 Å². The van der Waals surface area contributed by atoms with Crippen LogP contribution in [-0.4, -0.2) is 31.3 Å². The Morgan fingerprint density at radius 3 is 2.20 bits per heavy atom. The van der Waals surface area contributed by atoms with E-state index < -0.39 is 21.5 Å². The van der Waals surface area contributed by atoms with Crippen molar-refractivity contribution in [2.45, 2.75) is 38.1 Å². The molecule has 1 rings (SSSR count). The first kappa shape index (κ1) is 12.4. The topological polar surface area (TPSA) is 83.5 Å². The van der Waals surface area contributed by atoms with Crippen molar-refractivity contribution in [1.29, 1.82) is 0 Å². The maximum absolute atomic E-state index is 11.1. The van der Waals surface area contributed by atoms with Crippen molar-refractivity contribution >= 4 is 16.0 Å². The van der Waals surface area contributed by atoms with E-state index in [1.54, 1.807) is 0 Å². The minimum atomic E-state index is -3.48. The molecule has 0 aromatic rings. The molecule has 0 aliphatic heterocycles. The Bertz CT molecular complexity index is 341. The molecule has 0 spiro atoms. The number of rotatable bonds is 3. The van der Waals surface area contributed by atoms with Crippen molar-refractivity contribution in [2.24, 2.45) is 5.92 Å². The van der Waals surface area contributed by atoms with Crippen LogP contribution in [0.5, 0.6) is 0 Å². The van der Waals surface area contributed by atoms with Crippen LogP contribution >= 0.6 is 0 Å². The Hall–Kier alpha value is -0.620. The van der Waals surface area contributed by atoms with Gasteiger partial charge in [0, 0.05) is 0 Å². The van der Waals surface area contributed by atoms with Crippen LogP contribution in [0, 0.1) is 5.92 Å². The zero-order chi connectivity index (χ0) is 11.7. The standard InChI is InChI=1S/C9H17NO4S/c1-7-3-5-9(6-4-7,8(11)12)10-15(2,13)14/h7,10H,3-6H2,1-2H3,(H,11,12). The molecule has 0 aromatic carbocycles. The molecule has 0 heterocycles. The molecular formula is C9H17NO4S. The van der Waals surface area contributed by atoms with Crippen LogP contribution in [-0.2, 0) is 14.8 Å². The van der Waals surface area contributed by atoms with Crippen molar-refractivity contribution < 1.29 is 18.3 Å². The lowest BCUT2D eigenvalue weighted by Crippen LogP contribution is -2.55. The first-order valence-corrected chi connectivity index (χ1v) is 6.87. The predicted octanol–water partition coefficient (Wildman–Crippen LogP) is 0.569. The lowest BCUT2D eigenvalue weighted by atomic mass is 9.78. The highest BCUT2D eigenvalue weighted by atomic mass is 32.2. The first-order valence-electron chi connectivity index (χ1n) is 4.97. The van der Waals surface area contributed by atoms with Crippen LogP contribution < -0.4 is 4.72 Å². The zero-order valence-corrected chi connectivity index (χ0v) is 9.80. The number of nitrogens with one attached hydrogen (secondary N) is 1. The van der Waals surface area contributed by atoms with Gasteiger partial charge in [-0.25, -0.2) is 8.42 Å². The number of carboxylic acid groups (broad SMARTS) is 1. The highest BCUT2D eigenvalue weighted by Gasteiger charge is 2.43. The molecule has 0 atom stereocenters. The highest BCUT2D eigenvalue weighted by Crippen LogP contribution is 2.32. The Morgan fingerprint density at radius 2 is 1.87 bits per heavy atom. The molecule has 2 N–H and O–H groups in total. The summed E-state index contributed by atoms with van der Waals surface area (Å²) in [5.74, 6) is -0.598. The number of hydrogen-bond acceptors (Lipinski definition) is 3. The number of sulfonamides is 1. The summed E-state index contributed by atoms with van der Waals surface area (Å²) in [4.78, 5) is 11.1. The van der Waals surface area contributed by atoms with Crippen LogP contribution in [0.1, 0.15) is 32.6 Å². The number of aliphatic carboxylic acids is 1. The quantitative estimate of drug-likeness (QED) is 0.749. The molecule has 5 nitrogen and oxygen atoms in total. The fraction of sp³-hybridized carbons (Fsp3) is 0.889. The van der Waals surface area contributed by atoms with E-state index in [1.807, 2.05) is 6.92 Å². The molecule has 1 aliphatic carbocycles. The molecule has 88 valence electrons. The van der Waals surface area contributed by atoms with Crippen LogP contribution in [0.4, 0.5) is 0 Å². The van der Waals surface area contributed by atoms with Gasteiger partial charge in [0.2, 0.25) is 10.0 Å². The normalized spacial score (nSPS) is 32.5. The second-order valence-electron chi connectivity index (χ2n) is 4.44. The van der Waals surface area contributed by atoms with Gasteiger partial charge in [0.15, 0.2) is 0 Å². The van der Waals surface area contributed by atoms with Crippen molar-refractivity contribution in [3.63, 3.8) is 0 Å². The average molecular weight is 235 g/mol. The van der Waals surface area contributed by atoms with Crippen molar-refractivity contribution in [1.82, 2.24) is 4.72 Å². The fourth-order valence-electron chi connectivity index (χ4n) is 1.97. The summed E-state index contributed by atoms with van der Waals surface area (Å²) in [6.45, 7) is 2.05. The Labute approximate surface area is 89.9 Å². The molecule has 0 aromatic heterocycles. The largest absolute Gasteiger partial charge is 0.480 e. The van der Waals surface area contributed by atoms with E-state index in [1.165, 1.54) is 0 Å². The van der Waals surface area contributed by atoms with Crippen LogP contribution in [0.2, 0.25) is 0 Å². The summed E-state index contributed by atoms with van der Waals surface area (Å²) in [5, 5.41) is 9.11. The van der Waals surface area contributed by atoms with Crippen molar-refractivity contribution in [2.75, 3.05) is 6.26 Å². The zero-order valence-electron chi connectivity index (χ0n) is 8.99. The molecule has 1 aliphatic rings. The van der Waals surface area contributed by atoms with E-state index in [2.05, 4.69) is 4.72 Å². The van der Waals surface area contributed by atoms with E-state index in [0.717, 1.165) is 19.1 Å². The van der Waals surface area contributed by atoms with Crippen LogP contribution in [0.3, 0.4) is 0 Å². The van der Waals surface area contributed by atoms with Gasteiger partial charge in [0.05, 0.1) is 6.26 Å². The molecular weight excluding hydrogens is 218 g/mol. The molecule has 0 amide bonds. The van der Waals surface area contributed by atoms with Crippen LogP contribution in [0.15, 0.2) is 0 Å². The molecule has 15 heavy (non-hydrogen) atoms. The summed E-state index contributed by atoms with van der Waals surface area (Å²) < 4.78 is 24.5. The molecule has 1 fully saturated rings. The lowest BCUT2D eigenvalue weighted by molar-refractivity contribution is -0.145. The van der Waals surface area contributed by atoms with E-state index in [4.69, 9.17) is 5.11 Å². The third kappa shape index (κ3) is 3.17. The van der Waals surface area contributed by atoms with Gasteiger partial charge >= 0.3 is 5.97 Å². The summed E-state index contributed by atoms with van der Waals surface area (Å²) >= 11 is 0. The Kier molecular flexibility index (Phi) is 3.40. The van der Waals surface area contributed by atoms with Gasteiger partial charge in [-0.2, -0.15) is 4.72 Å². The molecule has 0 saturated heterocycles. The fourth-order valence-corrected chi connectivity index (χ4v) is 2.97. The van der Waals surface area contributed by atoms with E-state index >= 15 is 0 Å². The Balaban J connectivity index is 2.86. The highest BCUT2D eigenvalue weighted by molar-refractivity contribution is 7.88. The summed E-state index contributed by atoms with van der Waals surface area (Å²) in [6, 6.07) is 0. The molecule has 1 saturated carbocycles. The number of carboxylic acids is 1. The van der Waals surface area contributed by atoms with Gasteiger partial charge in [-0.1, -0.05) is 6.92 Å².